The maximum Gasteiger partial charge on any atom is 0.435 e. The Morgan fingerprint density at radius 3 is 2.40 bits per heavy atom. The summed E-state index contributed by atoms with van der Waals surface area (Å²) >= 11 is 0.499. The van der Waals surface area contributed by atoms with Crippen LogP contribution in [0.15, 0.2) is 41.4 Å². The highest BCUT2D eigenvalue weighted by Crippen LogP contribution is 2.32. The number of anilines is 1. The number of aromatic nitrogens is 2. The van der Waals surface area contributed by atoms with Crippen LogP contribution in [0.2, 0.25) is 0 Å². The first-order valence-corrected chi connectivity index (χ1v) is 7.72. The van der Waals surface area contributed by atoms with Gasteiger partial charge in [-0.25, -0.2) is 0 Å². The van der Waals surface area contributed by atoms with Gasteiger partial charge in [0.25, 0.3) is 0 Å². The van der Waals surface area contributed by atoms with Crippen LogP contribution in [0.4, 0.5) is 32.0 Å². The molecule has 0 aliphatic heterocycles. The molecule has 2 aromatic rings. The number of nitrogens with one attached hydrogen (secondary N) is 1. The predicted molar refractivity (Wildman–Crippen MR) is 79.1 cm³/mol. The van der Waals surface area contributed by atoms with E-state index in [4.69, 9.17) is 0 Å². The summed E-state index contributed by atoms with van der Waals surface area (Å²) in [6, 6.07) is 6.56. The van der Waals surface area contributed by atoms with Crippen LogP contribution in [-0.4, -0.2) is 27.6 Å². The SMILES string of the molecule is O=C(Cn1ccc(C(F)(F)F)n1)Nc1ccccc1SCC(F)(F)F. The number of hydrogen-bond acceptors (Lipinski definition) is 3. The van der Waals surface area contributed by atoms with Gasteiger partial charge in [0.1, 0.15) is 6.54 Å². The molecule has 136 valence electrons. The Morgan fingerprint density at radius 1 is 1.12 bits per heavy atom. The summed E-state index contributed by atoms with van der Waals surface area (Å²) in [4.78, 5) is 12.1. The van der Waals surface area contributed by atoms with Crippen LogP contribution >= 0.6 is 11.8 Å². The molecule has 0 aliphatic rings. The summed E-state index contributed by atoms with van der Waals surface area (Å²) in [6.45, 7) is -0.506. The molecule has 0 fully saturated rings. The maximum absolute atomic E-state index is 12.4. The van der Waals surface area contributed by atoms with E-state index in [0.717, 1.165) is 16.9 Å². The molecule has 0 aliphatic carbocycles. The van der Waals surface area contributed by atoms with E-state index in [0.29, 0.717) is 11.8 Å². The van der Waals surface area contributed by atoms with E-state index in [-0.39, 0.29) is 10.6 Å². The monoisotopic (exact) mass is 383 g/mol. The van der Waals surface area contributed by atoms with Crippen molar-refractivity contribution in [3.8, 4) is 0 Å². The van der Waals surface area contributed by atoms with Crippen LogP contribution in [0.3, 0.4) is 0 Å². The average Bonchev–Trinajstić information content (AvgIpc) is 2.94. The van der Waals surface area contributed by atoms with Crippen molar-refractivity contribution in [2.24, 2.45) is 0 Å². The van der Waals surface area contributed by atoms with E-state index in [1.807, 2.05) is 0 Å². The van der Waals surface area contributed by atoms with Gasteiger partial charge in [0.15, 0.2) is 5.69 Å². The van der Waals surface area contributed by atoms with Gasteiger partial charge in [-0.3, -0.25) is 9.48 Å². The highest BCUT2D eigenvalue weighted by molar-refractivity contribution is 7.99. The van der Waals surface area contributed by atoms with Crippen molar-refractivity contribution in [2.45, 2.75) is 23.8 Å². The van der Waals surface area contributed by atoms with Gasteiger partial charge in [0, 0.05) is 11.1 Å². The second-order valence-corrected chi connectivity index (χ2v) is 5.86. The molecular formula is C14H11F6N3OS. The van der Waals surface area contributed by atoms with Crippen molar-refractivity contribution < 1.29 is 31.1 Å². The Kier molecular flexibility index (Phi) is 5.65. The number of benzene rings is 1. The zero-order chi connectivity index (χ0) is 18.7. The number of thioether (sulfide) groups is 1. The molecule has 2 rings (SSSR count). The van der Waals surface area contributed by atoms with E-state index >= 15 is 0 Å². The third-order valence-electron chi connectivity index (χ3n) is 2.79. The van der Waals surface area contributed by atoms with E-state index in [1.165, 1.54) is 24.3 Å². The molecule has 1 amide bonds. The molecule has 11 heteroatoms. The molecule has 0 saturated carbocycles. The molecule has 0 atom stereocenters. The van der Waals surface area contributed by atoms with Gasteiger partial charge in [-0.15, -0.1) is 11.8 Å². The van der Waals surface area contributed by atoms with Crippen LogP contribution in [0.5, 0.6) is 0 Å². The van der Waals surface area contributed by atoms with Gasteiger partial charge in [-0.2, -0.15) is 31.4 Å². The van der Waals surface area contributed by atoms with Gasteiger partial charge in [0.05, 0.1) is 11.4 Å². The fraction of sp³-hybridized carbons (Fsp3) is 0.286. The van der Waals surface area contributed by atoms with Gasteiger partial charge in [0.2, 0.25) is 5.91 Å². The standard InChI is InChI=1S/C14H11F6N3OS/c15-13(16,17)8-25-10-4-2-1-3-9(10)21-12(24)7-23-6-5-11(22-23)14(18,19)20/h1-6H,7-8H2,(H,21,24). The number of carbonyl (C=O) groups is 1. The molecule has 1 aromatic heterocycles. The summed E-state index contributed by atoms with van der Waals surface area (Å²) < 4.78 is 75.1. The highest BCUT2D eigenvalue weighted by atomic mass is 32.2. The molecule has 0 radical (unpaired) electrons. The molecule has 0 unspecified atom stereocenters. The smallest absolute Gasteiger partial charge is 0.323 e. The second-order valence-electron chi connectivity index (χ2n) is 4.84. The Bertz CT molecular complexity index is 741. The maximum atomic E-state index is 12.4. The number of alkyl halides is 6. The van der Waals surface area contributed by atoms with Gasteiger partial charge in [-0.1, -0.05) is 12.1 Å². The summed E-state index contributed by atoms with van der Waals surface area (Å²) in [5.74, 6) is -1.84. The molecular weight excluding hydrogens is 372 g/mol. The second kappa shape index (κ2) is 7.38. The van der Waals surface area contributed by atoms with E-state index in [2.05, 4.69) is 10.4 Å². The van der Waals surface area contributed by atoms with Gasteiger partial charge >= 0.3 is 12.4 Å². The first-order chi connectivity index (χ1) is 11.5. The van der Waals surface area contributed by atoms with Crippen molar-refractivity contribution in [1.82, 2.24) is 9.78 Å². The Labute approximate surface area is 142 Å². The van der Waals surface area contributed by atoms with Crippen molar-refractivity contribution in [3.63, 3.8) is 0 Å². The topological polar surface area (TPSA) is 46.9 Å². The zero-order valence-corrected chi connectivity index (χ0v) is 13.2. The third kappa shape index (κ3) is 6.00. The van der Waals surface area contributed by atoms with Crippen LogP contribution in [0.25, 0.3) is 0 Å². The van der Waals surface area contributed by atoms with Gasteiger partial charge in [-0.05, 0) is 18.2 Å². The number of hydrogen-bond donors (Lipinski definition) is 1. The van der Waals surface area contributed by atoms with Crippen molar-refractivity contribution in [3.05, 3.63) is 42.2 Å². The summed E-state index contributed by atoms with van der Waals surface area (Å²) in [5.41, 5.74) is -0.994. The minimum Gasteiger partial charge on any atom is -0.323 e. The molecule has 4 nitrogen and oxygen atoms in total. The molecule has 1 aromatic carbocycles. The van der Waals surface area contributed by atoms with Crippen LogP contribution in [-0.2, 0) is 17.5 Å². The van der Waals surface area contributed by atoms with Crippen LogP contribution in [0, 0.1) is 0 Å². The quantitative estimate of drug-likeness (QED) is 0.622. The largest absolute Gasteiger partial charge is 0.435 e. The van der Waals surface area contributed by atoms with E-state index < -0.39 is 36.3 Å². The average molecular weight is 383 g/mol. The third-order valence-corrected chi connectivity index (χ3v) is 3.93. The summed E-state index contributed by atoms with van der Waals surface area (Å²) in [7, 11) is 0. The Morgan fingerprint density at radius 2 is 1.80 bits per heavy atom. The number of nitrogens with zero attached hydrogens (tertiary/aromatic N) is 2. The Hall–Kier alpha value is -2.17. The van der Waals surface area contributed by atoms with E-state index in [1.54, 1.807) is 0 Å². The first kappa shape index (κ1) is 19.2. The number of carbonyl (C=O) groups excluding carboxylic acids is 1. The lowest BCUT2D eigenvalue weighted by atomic mass is 10.3. The minimum atomic E-state index is -4.62. The number of para-hydroxylation sites is 1. The van der Waals surface area contributed by atoms with Gasteiger partial charge < -0.3 is 5.32 Å². The fourth-order valence-electron chi connectivity index (χ4n) is 1.79. The molecule has 1 heterocycles. The molecule has 0 bridgehead atoms. The molecule has 0 spiro atoms. The normalized spacial score (nSPS) is 12.2. The zero-order valence-electron chi connectivity index (χ0n) is 12.4. The first-order valence-electron chi connectivity index (χ1n) is 6.74. The fourth-order valence-corrected chi connectivity index (χ4v) is 2.56. The molecule has 25 heavy (non-hydrogen) atoms. The number of halogens is 6. The van der Waals surface area contributed by atoms with Crippen LogP contribution in [0.1, 0.15) is 5.69 Å². The van der Waals surface area contributed by atoms with Crippen LogP contribution < -0.4 is 5.32 Å². The van der Waals surface area contributed by atoms with E-state index in [9.17, 15) is 31.1 Å². The lowest BCUT2D eigenvalue weighted by molar-refractivity contribution is -0.141. The molecule has 1 N–H and O–H groups in total. The van der Waals surface area contributed by atoms with Crippen molar-refractivity contribution in [2.75, 3.05) is 11.1 Å². The molecule has 0 saturated heterocycles. The predicted octanol–water partition coefficient (Wildman–Crippen LogP) is 4.20. The highest BCUT2D eigenvalue weighted by Gasteiger charge is 2.33. The van der Waals surface area contributed by atoms with Crippen molar-refractivity contribution >= 4 is 23.4 Å². The van der Waals surface area contributed by atoms with Crippen molar-refractivity contribution in [1.29, 1.82) is 0 Å². The summed E-state index contributed by atoms with van der Waals surface area (Å²) in [6.07, 6.45) is -8.00. The Balaban J connectivity index is 2.02. The number of rotatable bonds is 5. The summed E-state index contributed by atoms with van der Waals surface area (Å²) in [5, 5.41) is 5.61. The lowest BCUT2D eigenvalue weighted by Crippen LogP contribution is -2.20. The lowest BCUT2D eigenvalue weighted by Gasteiger charge is -2.12. The minimum absolute atomic E-state index is 0.143. The number of amides is 1.